The number of ether oxygens (including phenoxy) is 1. The highest BCUT2D eigenvalue weighted by molar-refractivity contribution is 5.30. The van der Waals surface area contributed by atoms with Gasteiger partial charge in [-0.2, -0.15) is 0 Å². The quantitative estimate of drug-likeness (QED) is 0.841. The molecule has 0 bridgehead atoms. The van der Waals surface area contributed by atoms with Gasteiger partial charge in [-0.15, -0.1) is 0 Å². The van der Waals surface area contributed by atoms with Gasteiger partial charge in [-0.1, -0.05) is 12.1 Å². The first-order valence-corrected chi connectivity index (χ1v) is 6.29. The molecule has 2 N–H and O–H groups in total. The Morgan fingerprint density at radius 1 is 1.41 bits per heavy atom. The zero-order chi connectivity index (χ0) is 12.3. The number of methoxy groups -OCH3 is 1. The van der Waals surface area contributed by atoms with Crippen molar-refractivity contribution in [3.05, 3.63) is 29.8 Å². The minimum atomic E-state index is -0.192. The summed E-state index contributed by atoms with van der Waals surface area (Å²) in [6.45, 7) is 2.12. The van der Waals surface area contributed by atoms with E-state index >= 15 is 0 Å². The molecular weight excluding hydrogens is 214 g/mol. The normalized spacial score (nSPS) is 25.8. The fraction of sp³-hybridized carbons (Fsp3) is 0.571. The average Bonchev–Trinajstić information content (AvgIpc) is 2.75. The minimum absolute atomic E-state index is 0.192. The summed E-state index contributed by atoms with van der Waals surface area (Å²) in [6, 6.07) is 8.54. The van der Waals surface area contributed by atoms with E-state index in [-0.39, 0.29) is 18.2 Å². The van der Waals surface area contributed by atoms with Crippen molar-refractivity contribution in [2.45, 2.75) is 44.4 Å². The molecule has 3 atom stereocenters. The molecule has 94 valence electrons. The monoisotopic (exact) mass is 235 g/mol. The van der Waals surface area contributed by atoms with Crippen LogP contribution >= 0.6 is 0 Å². The zero-order valence-corrected chi connectivity index (χ0v) is 10.5. The van der Waals surface area contributed by atoms with Crippen molar-refractivity contribution in [2.24, 2.45) is 0 Å². The first-order valence-electron chi connectivity index (χ1n) is 6.29. The van der Waals surface area contributed by atoms with Crippen LogP contribution in [0.4, 0.5) is 0 Å². The largest absolute Gasteiger partial charge is 0.497 e. The Kier molecular flexibility index (Phi) is 4.02. The first kappa shape index (κ1) is 12.4. The van der Waals surface area contributed by atoms with Crippen LogP contribution in [0.5, 0.6) is 5.75 Å². The van der Waals surface area contributed by atoms with E-state index in [0.29, 0.717) is 0 Å². The molecule has 0 saturated heterocycles. The fourth-order valence-electron chi connectivity index (χ4n) is 2.46. The lowest BCUT2D eigenvalue weighted by molar-refractivity contribution is 0.144. The van der Waals surface area contributed by atoms with Crippen LogP contribution in [0.1, 0.15) is 37.8 Å². The molecule has 1 saturated carbocycles. The van der Waals surface area contributed by atoms with Gasteiger partial charge in [0.1, 0.15) is 5.75 Å². The van der Waals surface area contributed by atoms with E-state index in [1.54, 1.807) is 7.11 Å². The number of rotatable bonds is 4. The third kappa shape index (κ3) is 2.99. The van der Waals surface area contributed by atoms with Crippen LogP contribution in [0, 0.1) is 0 Å². The van der Waals surface area contributed by atoms with Crippen molar-refractivity contribution in [1.29, 1.82) is 0 Å². The maximum atomic E-state index is 9.80. The second-order valence-corrected chi connectivity index (χ2v) is 4.77. The molecule has 1 aromatic carbocycles. The number of nitrogens with one attached hydrogen (secondary N) is 1. The molecule has 0 radical (unpaired) electrons. The van der Waals surface area contributed by atoms with Gasteiger partial charge in [-0.25, -0.2) is 0 Å². The summed E-state index contributed by atoms with van der Waals surface area (Å²) in [4.78, 5) is 0. The zero-order valence-electron chi connectivity index (χ0n) is 10.5. The second-order valence-electron chi connectivity index (χ2n) is 4.77. The summed E-state index contributed by atoms with van der Waals surface area (Å²) >= 11 is 0. The molecule has 17 heavy (non-hydrogen) atoms. The van der Waals surface area contributed by atoms with Gasteiger partial charge < -0.3 is 15.2 Å². The third-order valence-corrected chi connectivity index (χ3v) is 3.54. The second kappa shape index (κ2) is 5.52. The molecule has 0 aromatic heterocycles. The molecule has 1 fully saturated rings. The van der Waals surface area contributed by atoms with E-state index in [1.807, 2.05) is 18.2 Å². The van der Waals surface area contributed by atoms with Crippen LogP contribution in [0.25, 0.3) is 0 Å². The summed E-state index contributed by atoms with van der Waals surface area (Å²) < 4.78 is 5.22. The molecular formula is C14H21NO2. The standard InChI is InChI=1S/C14H21NO2/c1-10(15-13-7-4-8-14(13)16)11-5-3-6-12(9-11)17-2/h3,5-6,9-10,13-16H,4,7-8H2,1-2H3/t10-,13?,14?/m1/s1. The Labute approximate surface area is 103 Å². The smallest absolute Gasteiger partial charge is 0.119 e. The fourth-order valence-corrected chi connectivity index (χ4v) is 2.46. The topological polar surface area (TPSA) is 41.5 Å². The summed E-state index contributed by atoms with van der Waals surface area (Å²) in [7, 11) is 1.68. The van der Waals surface area contributed by atoms with Gasteiger partial charge in [-0.3, -0.25) is 0 Å². The van der Waals surface area contributed by atoms with Crippen molar-refractivity contribution in [3.63, 3.8) is 0 Å². The van der Waals surface area contributed by atoms with Gasteiger partial charge in [0.05, 0.1) is 13.2 Å². The van der Waals surface area contributed by atoms with Gasteiger partial charge in [0.15, 0.2) is 0 Å². The van der Waals surface area contributed by atoms with E-state index in [4.69, 9.17) is 4.74 Å². The van der Waals surface area contributed by atoms with E-state index < -0.39 is 0 Å². The number of hydrogen-bond donors (Lipinski definition) is 2. The molecule has 3 nitrogen and oxygen atoms in total. The SMILES string of the molecule is COc1cccc([C@@H](C)NC2CCCC2O)c1. The molecule has 0 heterocycles. The van der Waals surface area contributed by atoms with Gasteiger partial charge >= 0.3 is 0 Å². The highest BCUT2D eigenvalue weighted by atomic mass is 16.5. The molecule has 1 aliphatic carbocycles. The maximum Gasteiger partial charge on any atom is 0.119 e. The Bertz CT molecular complexity index is 367. The van der Waals surface area contributed by atoms with Crippen LogP contribution in [-0.4, -0.2) is 24.4 Å². The predicted molar refractivity (Wildman–Crippen MR) is 68.2 cm³/mol. The van der Waals surface area contributed by atoms with E-state index in [9.17, 15) is 5.11 Å². The van der Waals surface area contributed by atoms with Crippen LogP contribution in [0.15, 0.2) is 24.3 Å². The molecule has 1 aromatic rings. The average molecular weight is 235 g/mol. The summed E-state index contributed by atoms with van der Waals surface area (Å²) in [5.74, 6) is 0.878. The van der Waals surface area contributed by atoms with Crippen molar-refractivity contribution in [3.8, 4) is 5.75 Å². The lowest BCUT2D eigenvalue weighted by Gasteiger charge is -2.22. The van der Waals surface area contributed by atoms with Crippen LogP contribution in [0.2, 0.25) is 0 Å². The summed E-state index contributed by atoms with van der Waals surface area (Å²) in [5.41, 5.74) is 1.20. The van der Waals surface area contributed by atoms with Crippen LogP contribution < -0.4 is 10.1 Å². The van der Waals surface area contributed by atoms with Crippen molar-refractivity contribution in [2.75, 3.05) is 7.11 Å². The Balaban J connectivity index is 2.00. The van der Waals surface area contributed by atoms with Crippen molar-refractivity contribution < 1.29 is 9.84 Å². The highest BCUT2D eigenvalue weighted by Crippen LogP contribution is 2.24. The lowest BCUT2D eigenvalue weighted by Crippen LogP contribution is -2.37. The van der Waals surface area contributed by atoms with Gasteiger partial charge in [0, 0.05) is 12.1 Å². The molecule has 3 heteroatoms. The van der Waals surface area contributed by atoms with Crippen molar-refractivity contribution >= 4 is 0 Å². The molecule has 0 spiro atoms. The molecule has 0 amide bonds. The third-order valence-electron chi connectivity index (χ3n) is 3.54. The van der Waals surface area contributed by atoms with E-state index in [2.05, 4.69) is 18.3 Å². The number of aliphatic hydroxyl groups is 1. The molecule has 2 rings (SSSR count). The molecule has 2 unspecified atom stereocenters. The molecule has 1 aliphatic rings. The van der Waals surface area contributed by atoms with E-state index in [0.717, 1.165) is 25.0 Å². The van der Waals surface area contributed by atoms with Crippen LogP contribution in [0.3, 0.4) is 0 Å². The molecule has 0 aliphatic heterocycles. The Morgan fingerprint density at radius 3 is 2.88 bits per heavy atom. The van der Waals surface area contributed by atoms with Gasteiger partial charge in [0.25, 0.3) is 0 Å². The summed E-state index contributed by atoms with van der Waals surface area (Å²) in [5, 5.41) is 13.3. The van der Waals surface area contributed by atoms with E-state index in [1.165, 1.54) is 5.56 Å². The number of aliphatic hydroxyl groups excluding tert-OH is 1. The lowest BCUT2D eigenvalue weighted by atomic mass is 10.1. The summed E-state index contributed by atoms with van der Waals surface area (Å²) in [6.07, 6.45) is 2.91. The van der Waals surface area contributed by atoms with Crippen LogP contribution in [-0.2, 0) is 0 Å². The number of benzene rings is 1. The predicted octanol–water partition coefficient (Wildman–Crippen LogP) is 2.26. The highest BCUT2D eigenvalue weighted by Gasteiger charge is 2.26. The maximum absolute atomic E-state index is 9.80. The van der Waals surface area contributed by atoms with Gasteiger partial charge in [0.2, 0.25) is 0 Å². The number of hydrogen-bond acceptors (Lipinski definition) is 3. The Hall–Kier alpha value is -1.06. The van der Waals surface area contributed by atoms with Gasteiger partial charge in [-0.05, 0) is 43.9 Å². The minimum Gasteiger partial charge on any atom is -0.497 e. The first-order chi connectivity index (χ1) is 8.20. The Morgan fingerprint density at radius 2 is 2.24 bits per heavy atom. The van der Waals surface area contributed by atoms with Crippen molar-refractivity contribution in [1.82, 2.24) is 5.32 Å².